The zero-order chi connectivity index (χ0) is 19.5. The molecule has 1 aromatic carbocycles. The van der Waals surface area contributed by atoms with E-state index in [4.69, 9.17) is 0 Å². The van der Waals surface area contributed by atoms with Gasteiger partial charge in [-0.3, -0.25) is 9.59 Å². The Kier molecular flexibility index (Phi) is 6.27. The van der Waals surface area contributed by atoms with Gasteiger partial charge < -0.3 is 10.6 Å². The van der Waals surface area contributed by atoms with Crippen molar-refractivity contribution in [2.75, 3.05) is 5.32 Å². The van der Waals surface area contributed by atoms with Gasteiger partial charge in [-0.1, -0.05) is 18.2 Å². The van der Waals surface area contributed by atoms with Crippen LogP contribution in [0.1, 0.15) is 47.1 Å². The summed E-state index contributed by atoms with van der Waals surface area (Å²) in [6.45, 7) is 4.77. The minimum Gasteiger partial charge on any atom is -0.346 e. The third-order valence-corrected chi connectivity index (χ3v) is 4.20. The minimum absolute atomic E-state index is 0.121. The molecule has 26 heavy (non-hydrogen) atoms. The smallest absolute Gasteiger partial charge is 0.321 e. The highest BCUT2D eigenvalue weighted by Crippen LogP contribution is 2.36. The number of nitrogens with one attached hydrogen (secondary N) is 2. The zero-order valence-electron chi connectivity index (χ0n) is 14.4. The maximum atomic E-state index is 13.5. The van der Waals surface area contributed by atoms with Crippen molar-refractivity contribution in [3.63, 3.8) is 0 Å². The molecule has 0 aliphatic rings. The van der Waals surface area contributed by atoms with Crippen molar-refractivity contribution in [2.45, 2.75) is 30.7 Å². The van der Waals surface area contributed by atoms with Crippen molar-refractivity contribution in [1.82, 2.24) is 10.3 Å². The number of halogens is 3. The number of hydrogen-bond acceptors (Lipinski definition) is 3. The molecular formula is C18H18F2IN3O2. The van der Waals surface area contributed by atoms with Gasteiger partial charge in [0.05, 0.1) is 6.04 Å². The van der Waals surface area contributed by atoms with Gasteiger partial charge in [0.25, 0.3) is 5.91 Å². The van der Waals surface area contributed by atoms with Gasteiger partial charge in [0, 0.05) is 46.3 Å². The third-order valence-electron chi connectivity index (χ3n) is 3.58. The second-order valence-corrected chi connectivity index (χ2v) is 7.24. The standard InChI is InChI=1S/C18H18F2IN3O2/c1-10-7-14(9-16(22-10)24-12(3)25)17(26)23-11(2)13-5-4-6-15(8-13)18(19,20)21/h4-9,11H,1-3H3,(H,23,26)(H,22,24,25)/t11-/m1/s1. The molecule has 0 fully saturated rings. The lowest BCUT2D eigenvalue weighted by Crippen LogP contribution is -2.27. The molecule has 0 radical (unpaired) electrons. The van der Waals surface area contributed by atoms with E-state index in [9.17, 15) is 18.4 Å². The van der Waals surface area contributed by atoms with Gasteiger partial charge in [0.15, 0.2) is 0 Å². The molecule has 138 valence electrons. The van der Waals surface area contributed by atoms with Crippen LogP contribution in [0.2, 0.25) is 0 Å². The van der Waals surface area contributed by atoms with E-state index >= 15 is 0 Å². The second kappa shape index (κ2) is 8.07. The summed E-state index contributed by atoms with van der Waals surface area (Å²) in [5, 5.41) is 5.31. The largest absolute Gasteiger partial charge is 0.346 e. The van der Waals surface area contributed by atoms with Crippen molar-refractivity contribution >= 4 is 40.2 Å². The van der Waals surface area contributed by atoms with E-state index in [2.05, 4.69) is 15.6 Å². The van der Waals surface area contributed by atoms with Crippen molar-refractivity contribution in [3.05, 3.63) is 58.8 Å². The first-order chi connectivity index (χ1) is 12.1. The van der Waals surface area contributed by atoms with Gasteiger partial charge >= 0.3 is 3.93 Å². The van der Waals surface area contributed by atoms with Crippen LogP contribution < -0.4 is 10.6 Å². The Labute approximate surface area is 163 Å². The summed E-state index contributed by atoms with van der Waals surface area (Å²) in [5.41, 5.74) is 1.34. The summed E-state index contributed by atoms with van der Waals surface area (Å²) in [5.74, 6) is -0.400. The molecule has 1 atom stereocenters. The van der Waals surface area contributed by atoms with E-state index in [-0.39, 0.29) is 23.2 Å². The number of benzene rings is 1. The molecular weight excluding hydrogens is 455 g/mol. The Morgan fingerprint density at radius 1 is 1.23 bits per heavy atom. The average molecular weight is 473 g/mol. The molecule has 8 heteroatoms. The van der Waals surface area contributed by atoms with E-state index in [1.165, 1.54) is 31.2 Å². The summed E-state index contributed by atoms with van der Waals surface area (Å²) in [6, 6.07) is 8.50. The van der Waals surface area contributed by atoms with Crippen molar-refractivity contribution in [1.29, 1.82) is 0 Å². The number of aromatic nitrogens is 1. The van der Waals surface area contributed by atoms with Gasteiger partial charge in [-0.15, -0.1) is 0 Å². The fourth-order valence-electron chi connectivity index (χ4n) is 2.39. The molecule has 0 spiro atoms. The van der Waals surface area contributed by atoms with E-state index in [1.807, 2.05) is 0 Å². The SMILES string of the molecule is CC(=O)Nc1cc(C(=O)N[C@H](C)c2cccc(C(F)(F)I)c2)cc(C)n1. The molecule has 1 heterocycles. The Morgan fingerprint density at radius 2 is 1.92 bits per heavy atom. The summed E-state index contributed by atoms with van der Waals surface area (Å²) in [6.07, 6.45) is 0. The Bertz CT molecular complexity index is 837. The van der Waals surface area contributed by atoms with Crippen LogP contribution in [-0.2, 0) is 8.72 Å². The van der Waals surface area contributed by atoms with Crippen LogP contribution in [0.25, 0.3) is 0 Å². The van der Waals surface area contributed by atoms with Gasteiger partial charge in [-0.25, -0.2) is 4.98 Å². The number of carbonyl (C=O) groups excluding carboxylic acids is 2. The maximum Gasteiger partial charge on any atom is 0.321 e. The first kappa shape index (κ1) is 20.2. The van der Waals surface area contributed by atoms with E-state index in [1.54, 1.807) is 26.0 Å². The van der Waals surface area contributed by atoms with Crippen molar-refractivity contribution in [2.24, 2.45) is 0 Å². The number of amides is 2. The van der Waals surface area contributed by atoms with Crippen molar-refractivity contribution in [3.8, 4) is 0 Å². The lowest BCUT2D eigenvalue weighted by Gasteiger charge is -2.17. The molecule has 1 aromatic heterocycles. The first-order valence-electron chi connectivity index (χ1n) is 7.80. The predicted molar refractivity (Wildman–Crippen MR) is 104 cm³/mol. The van der Waals surface area contributed by atoms with Crippen LogP contribution in [0.4, 0.5) is 14.6 Å². The van der Waals surface area contributed by atoms with Gasteiger partial charge in [-0.05, 0) is 37.6 Å². The van der Waals surface area contributed by atoms with E-state index in [0.717, 1.165) is 22.6 Å². The third kappa shape index (κ3) is 5.45. The summed E-state index contributed by atoms with van der Waals surface area (Å²) in [4.78, 5) is 27.8. The van der Waals surface area contributed by atoms with Crippen LogP contribution in [-0.4, -0.2) is 16.8 Å². The van der Waals surface area contributed by atoms with E-state index < -0.39 is 9.97 Å². The fourth-order valence-corrected chi connectivity index (χ4v) is 2.73. The molecule has 0 unspecified atom stereocenters. The summed E-state index contributed by atoms with van der Waals surface area (Å²) < 4.78 is 24.0. The highest BCUT2D eigenvalue weighted by Gasteiger charge is 2.27. The Hall–Kier alpha value is -2.10. The monoisotopic (exact) mass is 473 g/mol. The van der Waals surface area contributed by atoms with Crippen LogP contribution in [0.3, 0.4) is 0 Å². The normalized spacial score (nSPS) is 12.4. The highest BCUT2D eigenvalue weighted by molar-refractivity contribution is 14.1. The molecule has 0 saturated heterocycles. The van der Waals surface area contributed by atoms with E-state index in [0.29, 0.717) is 16.8 Å². The number of alkyl halides is 3. The number of anilines is 1. The van der Waals surface area contributed by atoms with Crippen LogP contribution >= 0.6 is 22.6 Å². The molecule has 0 saturated carbocycles. The average Bonchev–Trinajstić information content (AvgIpc) is 2.52. The number of nitrogens with zero attached hydrogens (tertiary/aromatic N) is 1. The first-order valence-corrected chi connectivity index (χ1v) is 8.88. The second-order valence-electron chi connectivity index (χ2n) is 5.88. The number of aryl methyl sites for hydroxylation is 1. The number of hydrogen-bond donors (Lipinski definition) is 2. The van der Waals surface area contributed by atoms with Gasteiger partial charge in [0.1, 0.15) is 5.82 Å². The minimum atomic E-state index is -2.98. The van der Waals surface area contributed by atoms with Crippen LogP contribution in [0.5, 0.6) is 0 Å². The lowest BCUT2D eigenvalue weighted by atomic mass is 10.0. The molecule has 2 N–H and O–H groups in total. The fraction of sp³-hybridized carbons (Fsp3) is 0.278. The molecule has 2 amide bonds. The predicted octanol–water partition coefficient (Wildman–Crippen LogP) is 4.32. The lowest BCUT2D eigenvalue weighted by molar-refractivity contribution is -0.114. The Balaban J connectivity index is 2.19. The molecule has 0 aliphatic heterocycles. The molecule has 0 aliphatic carbocycles. The maximum absolute atomic E-state index is 13.5. The van der Waals surface area contributed by atoms with Gasteiger partial charge in [0.2, 0.25) is 5.91 Å². The molecule has 2 rings (SSSR count). The van der Waals surface area contributed by atoms with Crippen LogP contribution in [0, 0.1) is 6.92 Å². The number of pyridine rings is 1. The quantitative estimate of drug-likeness (QED) is 0.502. The Morgan fingerprint density at radius 3 is 2.54 bits per heavy atom. The highest BCUT2D eigenvalue weighted by atomic mass is 127. The summed E-state index contributed by atoms with van der Waals surface area (Å²) in [7, 11) is 0. The van der Waals surface area contributed by atoms with Crippen molar-refractivity contribution < 1.29 is 18.4 Å². The molecule has 2 aromatic rings. The molecule has 0 bridgehead atoms. The summed E-state index contributed by atoms with van der Waals surface area (Å²) >= 11 is 1.07. The van der Waals surface area contributed by atoms with Gasteiger partial charge in [-0.2, -0.15) is 8.78 Å². The number of carbonyl (C=O) groups is 2. The molecule has 5 nitrogen and oxygen atoms in total. The van der Waals surface area contributed by atoms with Crippen LogP contribution in [0.15, 0.2) is 36.4 Å². The number of rotatable bonds is 5. The zero-order valence-corrected chi connectivity index (χ0v) is 16.6. The topological polar surface area (TPSA) is 71.1 Å².